The van der Waals surface area contributed by atoms with Crippen LogP contribution in [0.15, 0.2) is 59.5 Å². The van der Waals surface area contributed by atoms with E-state index in [4.69, 9.17) is 5.73 Å². The molecule has 0 radical (unpaired) electrons. The van der Waals surface area contributed by atoms with Crippen LogP contribution in [0.1, 0.15) is 18.4 Å². The molecule has 2 N–H and O–H groups in total. The van der Waals surface area contributed by atoms with Gasteiger partial charge in [-0.15, -0.1) is 11.8 Å². The zero-order valence-electron chi connectivity index (χ0n) is 14.3. The first-order valence-electron chi connectivity index (χ1n) is 8.52. The highest BCUT2D eigenvalue weighted by molar-refractivity contribution is 7.99. The maximum atomic E-state index is 12.9. The summed E-state index contributed by atoms with van der Waals surface area (Å²) in [5, 5.41) is 0. The number of rotatable bonds is 5. The van der Waals surface area contributed by atoms with E-state index in [0.29, 0.717) is 18.8 Å². The summed E-state index contributed by atoms with van der Waals surface area (Å²) in [6, 6.07) is 16.5. The predicted molar refractivity (Wildman–Crippen MR) is 100 cm³/mol. The van der Waals surface area contributed by atoms with Crippen LogP contribution in [0.25, 0.3) is 0 Å². The second-order valence-corrected chi connectivity index (χ2v) is 7.68. The standard InChI is InChI=1S/C20H23FN2OS/c1-14(13-25-17-9-7-16(21)8-10-17)20(24)23-11-18(19(22)12-23)15-5-3-2-4-6-15/h2-10,14,18-19H,11-13,22H2,1H3/t14?,18-,19+/m0/s1. The third-order valence-electron chi connectivity index (χ3n) is 4.64. The minimum absolute atomic E-state index is 0.0247. The topological polar surface area (TPSA) is 46.3 Å². The highest BCUT2D eigenvalue weighted by Gasteiger charge is 2.35. The van der Waals surface area contributed by atoms with Crippen LogP contribution < -0.4 is 5.73 Å². The molecule has 1 aliphatic rings. The third kappa shape index (κ3) is 4.41. The SMILES string of the molecule is CC(CSc1ccc(F)cc1)C(=O)N1C[C@@H](N)[C@H](c2ccccc2)C1. The molecule has 1 amide bonds. The van der Waals surface area contributed by atoms with Crippen molar-refractivity contribution in [3.05, 3.63) is 66.0 Å². The molecule has 0 aromatic heterocycles. The molecule has 1 aliphatic heterocycles. The lowest BCUT2D eigenvalue weighted by atomic mass is 9.95. The summed E-state index contributed by atoms with van der Waals surface area (Å²) in [6.07, 6.45) is 0. The van der Waals surface area contributed by atoms with Crippen LogP contribution in [0, 0.1) is 11.7 Å². The van der Waals surface area contributed by atoms with Crippen molar-refractivity contribution in [3.8, 4) is 0 Å². The van der Waals surface area contributed by atoms with E-state index >= 15 is 0 Å². The van der Waals surface area contributed by atoms with Crippen molar-refractivity contribution in [3.63, 3.8) is 0 Å². The lowest BCUT2D eigenvalue weighted by Crippen LogP contribution is -2.36. The molecule has 5 heteroatoms. The maximum absolute atomic E-state index is 12.9. The summed E-state index contributed by atoms with van der Waals surface area (Å²) in [5.74, 6) is 0.667. The Labute approximate surface area is 152 Å². The Morgan fingerprint density at radius 3 is 2.56 bits per heavy atom. The second kappa shape index (κ2) is 8.02. The minimum Gasteiger partial charge on any atom is -0.340 e. The number of carbonyl (C=O) groups is 1. The van der Waals surface area contributed by atoms with Crippen LogP contribution in [-0.2, 0) is 4.79 Å². The van der Waals surface area contributed by atoms with Gasteiger partial charge in [-0.2, -0.15) is 0 Å². The second-order valence-electron chi connectivity index (χ2n) is 6.59. The molecule has 0 aliphatic carbocycles. The van der Waals surface area contributed by atoms with E-state index in [1.807, 2.05) is 30.0 Å². The fourth-order valence-electron chi connectivity index (χ4n) is 3.20. The average molecular weight is 358 g/mol. The molecular formula is C20H23FN2OS. The molecule has 2 aromatic rings. The van der Waals surface area contributed by atoms with Crippen LogP contribution in [0.2, 0.25) is 0 Å². The monoisotopic (exact) mass is 358 g/mol. The first-order chi connectivity index (χ1) is 12.0. The number of carbonyl (C=O) groups excluding carboxylic acids is 1. The van der Waals surface area contributed by atoms with E-state index in [1.54, 1.807) is 23.9 Å². The van der Waals surface area contributed by atoms with Crippen molar-refractivity contribution in [2.75, 3.05) is 18.8 Å². The van der Waals surface area contributed by atoms with Gasteiger partial charge in [-0.3, -0.25) is 4.79 Å². The lowest BCUT2D eigenvalue weighted by Gasteiger charge is -2.21. The van der Waals surface area contributed by atoms with E-state index in [9.17, 15) is 9.18 Å². The molecule has 1 unspecified atom stereocenters. The van der Waals surface area contributed by atoms with Crippen LogP contribution >= 0.6 is 11.8 Å². The van der Waals surface area contributed by atoms with Gasteiger partial charge in [0.05, 0.1) is 0 Å². The predicted octanol–water partition coefficient (Wildman–Crippen LogP) is 3.51. The zero-order valence-corrected chi connectivity index (χ0v) is 15.1. The Balaban J connectivity index is 1.56. The molecule has 1 saturated heterocycles. The fraction of sp³-hybridized carbons (Fsp3) is 0.350. The van der Waals surface area contributed by atoms with E-state index in [0.717, 1.165) is 4.90 Å². The number of hydrogen-bond donors (Lipinski definition) is 1. The Morgan fingerprint density at radius 1 is 1.20 bits per heavy atom. The van der Waals surface area contributed by atoms with Gasteiger partial charge in [-0.25, -0.2) is 4.39 Å². The average Bonchev–Trinajstić information content (AvgIpc) is 3.03. The Hall–Kier alpha value is -1.85. The molecule has 3 atom stereocenters. The largest absolute Gasteiger partial charge is 0.340 e. The molecule has 25 heavy (non-hydrogen) atoms. The van der Waals surface area contributed by atoms with Gasteiger partial charge in [-0.05, 0) is 29.8 Å². The third-order valence-corrected chi connectivity index (χ3v) is 5.91. The maximum Gasteiger partial charge on any atom is 0.226 e. The molecule has 2 aromatic carbocycles. The van der Waals surface area contributed by atoms with Crippen molar-refractivity contribution in [1.29, 1.82) is 0 Å². The number of halogens is 1. The number of hydrogen-bond acceptors (Lipinski definition) is 3. The van der Waals surface area contributed by atoms with Gasteiger partial charge in [-0.1, -0.05) is 37.3 Å². The lowest BCUT2D eigenvalue weighted by molar-refractivity contribution is -0.133. The summed E-state index contributed by atoms with van der Waals surface area (Å²) in [6.45, 7) is 3.22. The van der Waals surface area contributed by atoms with Gasteiger partial charge in [0.2, 0.25) is 5.91 Å². The van der Waals surface area contributed by atoms with Crippen molar-refractivity contribution < 1.29 is 9.18 Å². The Morgan fingerprint density at radius 2 is 1.88 bits per heavy atom. The quantitative estimate of drug-likeness (QED) is 0.832. The highest BCUT2D eigenvalue weighted by atomic mass is 32.2. The summed E-state index contributed by atoms with van der Waals surface area (Å²) in [4.78, 5) is 15.6. The van der Waals surface area contributed by atoms with Gasteiger partial charge < -0.3 is 10.6 Å². The van der Waals surface area contributed by atoms with Crippen molar-refractivity contribution in [2.24, 2.45) is 11.7 Å². The molecule has 3 rings (SSSR count). The summed E-state index contributed by atoms with van der Waals surface area (Å²) >= 11 is 1.58. The Kier molecular flexibility index (Phi) is 5.76. The summed E-state index contributed by atoms with van der Waals surface area (Å²) in [5.41, 5.74) is 7.48. The van der Waals surface area contributed by atoms with Crippen LogP contribution in [0.3, 0.4) is 0 Å². The number of nitrogens with two attached hydrogens (primary N) is 1. The molecule has 0 spiro atoms. The first-order valence-corrected chi connectivity index (χ1v) is 9.51. The smallest absolute Gasteiger partial charge is 0.226 e. The van der Waals surface area contributed by atoms with Gasteiger partial charge in [0.25, 0.3) is 0 Å². The van der Waals surface area contributed by atoms with Gasteiger partial charge in [0.15, 0.2) is 0 Å². The van der Waals surface area contributed by atoms with Gasteiger partial charge in [0, 0.05) is 41.6 Å². The number of thioether (sulfide) groups is 1. The summed E-state index contributed by atoms with van der Waals surface area (Å²) in [7, 11) is 0. The van der Waals surface area contributed by atoms with E-state index in [-0.39, 0.29) is 29.6 Å². The normalized spacial score (nSPS) is 21.3. The molecule has 1 heterocycles. The van der Waals surface area contributed by atoms with Crippen molar-refractivity contribution in [1.82, 2.24) is 4.90 Å². The number of amides is 1. The zero-order chi connectivity index (χ0) is 17.8. The fourth-order valence-corrected chi connectivity index (χ4v) is 4.11. The minimum atomic E-state index is -0.244. The van der Waals surface area contributed by atoms with E-state index in [1.165, 1.54) is 17.7 Å². The van der Waals surface area contributed by atoms with Gasteiger partial charge in [0.1, 0.15) is 5.82 Å². The first kappa shape index (κ1) is 18.0. The number of likely N-dealkylation sites (tertiary alicyclic amines) is 1. The Bertz CT molecular complexity index is 707. The number of benzene rings is 2. The molecule has 0 saturated carbocycles. The van der Waals surface area contributed by atoms with Crippen molar-refractivity contribution in [2.45, 2.75) is 23.8 Å². The molecular weight excluding hydrogens is 335 g/mol. The van der Waals surface area contributed by atoms with E-state index < -0.39 is 0 Å². The number of nitrogens with zero attached hydrogens (tertiary/aromatic N) is 1. The molecule has 3 nitrogen and oxygen atoms in total. The van der Waals surface area contributed by atoms with Gasteiger partial charge >= 0.3 is 0 Å². The van der Waals surface area contributed by atoms with Crippen molar-refractivity contribution >= 4 is 17.7 Å². The molecule has 1 fully saturated rings. The van der Waals surface area contributed by atoms with Crippen LogP contribution in [0.5, 0.6) is 0 Å². The van der Waals surface area contributed by atoms with Crippen LogP contribution in [-0.4, -0.2) is 35.7 Å². The molecule has 132 valence electrons. The molecule has 0 bridgehead atoms. The highest BCUT2D eigenvalue weighted by Crippen LogP contribution is 2.28. The van der Waals surface area contributed by atoms with Crippen LogP contribution in [0.4, 0.5) is 4.39 Å². The van der Waals surface area contributed by atoms with E-state index in [2.05, 4.69) is 12.1 Å². The summed E-state index contributed by atoms with van der Waals surface area (Å²) < 4.78 is 12.9.